The van der Waals surface area contributed by atoms with Crippen LogP contribution in [-0.4, -0.2) is 46.8 Å². The van der Waals surface area contributed by atoms with E-state index in [4.69, 9.17) is 14.2 Å². The molecule has 0 radical (unpaired) electrons. The molecule has 0 spiro atoms. The van der Waals surface area contributed by atoms with E-state index in [2.05, 4.69) is 17.1 Å². The van der Waals surface area contributed by atoms with Crippen LogP contribution in [0, 0.1) is 5.82 Å². The summed E-state index contributed by atoms with van der Waals surface area (Å²) < 4.78 is 31.8. The SMILES string of the molecule is CCCCOc1cccc([C@H]2C(=C(O)c3ccc4c(c3)OCCO4)C(=O)C(=O)N2c2nnc(SCc3ccccc3F)s2)c1. The molecule has 44 heavy (non-hydrogen) atoms. The van der Waals surface area contributed by atoms with Crippen LogP contribution < -0.4 is 19.1 Å². The van der Waals surface area contributed by atoms with E-state index in [9.17, 15) is 19.1 Å². The molecule has 9 nitrogen and oxygen atoms in total. The number of ether oxygens (including phenoxy) is 3. The molecule has 1 N–H and O–H groups in total. The summed E-state index contributed by atoms with van der Waals surface area (Å²) in [5.74, 6) is -0.568. The lowest BCUT2D eigenvalue weighted by Crippen LogP contribution is -2.29. The summed E-state index contributed by atoms with van der Waals surface area (Å²) in [5, 5.41) is 20.2. The standard InChI is InChI=1S/C32H28FN3O6S2/c1-2-3-13-40-22-9-6-8-19(16-22)27-26(28(37)20-11-12-24-25(17-20)42-15-14-41-24)29(38)30(39)36(27)31-34-35-32(44-31)43-18-21-7-4-5-10-23(21)33/h4-12,16-17,27,37H,2-3,13-15,18H2,1H3/t27-/m0/s1. The highest BCUT2D eigenvalue weighted by atomic mass is 32.2. The van der Waals surface area contributed by atoms with Crippen LogP contribution >= 0.6 is 23.1 Å². The summed E-state index contributed by atoms with van der Waals surface area (Å²) in [6.07, 6.45) is 1.83. The Morgan fingerprint density at radius 3 is 2.70 bits per heavy atom. The fraction of sp³-hybridized carbons (Fsp3) is 0.250. The number of aliphatic hydroxyl groups is 1. The first-order valence-electron chi connectivity index (χ1n) is 14.1. The maximum absolute atomic E-state index is 14.2. The third kappa shape index (κ3) is 6.00. The van der Waals surface area contributed by atoms with Gasteiger partial charge in [0.25, 0.3) is 5.78 Å². The third-order valence-corrected chi connectivity index (χ3v) is 9.22. The number of hydrogen-bond acceptors (Lipinski definition) is 10. The molecule has 226 valence electrons. The number of unbranched alkanes of at least 4 members (excludes halogenated alkanes) is 1. The highest BCUT2D eigenvalue weighted by Crippen LogP contribution is 2.45. The molecule has 1 fully saturated rings. The largest absolute Gasteiger partial charge is 0.507 e. The van der Waals surface area contributed by atoms with Crippen molar-refractivity contribution >= 4 is 45.7 Å². The van der Waals surface area contributed by atoms with E-state index < -0.39 is 17.7 Å². The Morgan fingerprint density at radius 1 is 1.07 bits per heavy atom. The number of carbonyl (C=O) groups is 2. The van der Waals surface area contributed by atoms with Gasteiger partial charge in [-0.1, -0.05) is 66.8 Å². The molecule has 2 aliphatic rings. The summed E-state index contributed by atoms with van der Waals surface area (Å²) in [7, 11) is 0. The Kier molecular flexibility index (Phi) is 8.80. The molecule has 6 rings (SSSR count). The molecule has 0 unspecified atom stereocenters. The average molecular weight is 634 g/mol. The summed E-state index contributed by atoms with van der Waals surface area (Å²) in [5.41, 5.74) is 1.25. The lowest BCUT2D eigenvalue weighted by atomic mass is 9.95. The molecular weight excluding hydrogens is 605 g/mol. The number of aliphatic hydroxyl groups excluding tert-OH is 1. The minimum absolute atomic E-state index is 0.104. The van der Waals surface area contributed by atoms with Gasteiger partial charge < -0.3 is 19.3 Å². The first kappa shape index (κ1) is 29.6. The molecule has 3 aromatic carbocycles. The molecular formula is C32H28FN3O6S2. The van der Waals surface area contributed by atoms with E-state index >= 15 is 0 Å². The number of amides is 1. The number of fused-ring (bicyclic) bond motifs is 1. The second-order valence-corrected chi connectivity index (χ2v) is 12.2. The zero-order valence-electron chi connectivity index (χ0n) is 23.7. The molecule has 0 bridgehead atoms. The average Bonchev–Trinajstić information content (AvgIpc) is 3.62. The Morgan fingerprint density at radius 2 is 1.89 bits per heavy atom. The lowest BCUT2D eigenvalue weighted by molar-refractivity contribution is -0.132. The van der Waals surface area contributed by atoms with E-state index in [0.717, 1.165) is 24.2 Å². The van der Waals surface area contributed by atoms with E-state index in [1.165, 1.54) is 22.7 Å². The molecule has 4 aromatic rings. The molecule has 1 aromatic heterocycles. The molecule has 1 amide bonds. The number of aromatic nitrogens is 2. The Balaban J connectivity index is 1.39. The van der Waals surface area contributed by atoms with Gasteiger partial charge in [-0.05, 0) is 53.9 Å². The highest BCUT2D eigenvalue weighted by Gasteiger charge is 2.48. The van der Waals surface area contributed by atoms with Crippen LogP contribution in [0.3, 0.4) is 0 Å². The zero-order valence-corrected chi connectivity index (χ0v) is 25.3. The van der Waals surface area contributed by atoms with Crippen LogP contribution in [0.4, 0.5) is 9.52 Å². The topological polar surface area (TPSA) is 111 Å². The van der Waals surface area contributed by atoms with Crippen molar-refractivity contribution in [1.29, 1.82) is 0 Å². The van der Waals surface area contributed by atoms with Crippen molar-refractivity contribution in [2.75, 3.05) is 24.7 Å². The maximum atomic E-state index is 14.2. The van der Waals surface area contributed by atoms with Crippen molar-refractivity contribution in [3.8, 4) is 17.2 Å². The Bertz CT molecular complexity index is 1740. The molecule has 1 atom stereocenters. The summed E-state index contributed by atoms with van der Waals surface area (Å²) in [6, 6.07) is 17.4. The summed E-state index contributed by atoms with van der Waals surface area (Å²) >= 11 is 2.38. The smallest absolute Gasteiger partial charge is 0.301 e. The van der Waals surface area contributed by atoms with E-state index in [0.29, 0.717) is 63.9 Å². The van der Waals surface area contributed by atoms with Crippen LogP contribution in [0.5, 0.6) is 17.2 Å². The number of thioether (sulfide) groups is 1. The molecule has 3 heterocycles. The van der Waals surface area contributed by atoms with Crippen LogP contribution in [0.1, 0.15) is 42.5 Å². The van der Waals surface area contributed by atoms with Crippen molar-refractivity contribution in [2.24, 2.45) is 0 Å². The minimum atomic E-state index is -1.02. The Hall–Kier alpha value is -4.42. The fourth-order valence-corrected chi connectivity index (χ4v) is 6.77. The first-order valence-corrected chi connectivity index (χ1v) is 15.9. The maximum Gasteiger partial charge on any atom is 0.301 e. The number of benzene rings is 3. The summed E-state index contributed by atoms with van der Waals surface area (Å²) in [4.78, 5) is 28.5. The number of carbonyl (C=O) groups excluding carboxylic acids is 2. The number of rotatable bonds is 10. The van der Waals surface area contributed by atoms with Crippen molar-refractivity contribution in [3.63, 3.8) is 0 Å². The van der Waals surface area contributed by atoms with Gasteiger partial charge in [0, 0.05) is 11.3 Å². The number of hydrogen-bond donors (Lipinski definition) is 1. The van der Waals surface area contributed by atoms with Gasteiger partial charge in [0.2, 0.25) is 5.13 Å². The van der Waals surface area contributed by atoms with Crippen molar-refractivity contribution in [2.45, 2.75) is 35.9 Å². The van der Waals surface area contributed by atoms with Crippen LogP contribution in [0.25, 0.3) is 5.76 Å². The molecule has 2 aliphatic heterocycles. The summed E-state index contributed by atoms with van der Waals surface area (Å²) in [6.45, 7) is 3.33. The molecule has 0 saturated carbocycles. The van der Waals surface area contributed by atoms with Crippen molar-refractivity contribution < 1.29 is 33.3 Å². The van der Waals surface area contributed by atoms with Gasteiger partial charge in [-0.2, -0.15) is 0 Å². The second-order valence-electron chi connectivity index (χ2n) is 10.0. The minimum Gasteiger partial charge on any atom is -0.507 e. The van der Waals surface area contributed by atoms with Gasteiger partial charge in [-0.25, -0.2) is 4.39 Å². The second kappa shape index (κ2) is 13.1. The predicted octanol–water partition coefficient (Wildman–Crippen LogP) is 6.55. The van der Waals surface area contributed by atoms with Crippen molar-refractivity contribution in [1.82, 2.24) is 10.2 Å². The van der Waals surface area contributed by atoms with Gasteiger partial charge in [-0.15, -0.1) is 10.2 Å². The van der Waals surface area contributed by atoms with Crippen LogP contribution in [-0.2, 0) is 15.3 Å². The normalized spacial score (nSPS) is 17.2. The fourth-order valence-electron chi connectivity index (χ4n) is 4.91. The first-order chi connectivity index (χ1) is 21.4. The monoisotopic (exact) mass is 633 g/mol. The van der Waals surface area contributed by atoms with Gasteiger partial charge in [0.05, 0.1) is 18.2 Å². The number of ketones is 1. The van der Waals surface area contributed by atoms with Crippen LogP contribution in [0.2, 0.25) is 0 Å². The lowest BCUT2D eigenvalue weighted by Gasteiger charge is -2.23. The number of halogens is 1. The molecule has 12 heteroatoms. The van der Waals surface area contributed by atoms with Crippen molar-refractivity contribution in [3.05, 3.63) is 94.8 Å². The molecule has 1 saturated heterocycles. The van der Waals surface area contributed by atoms with Gasteiger partial charge in [0.15, 0.2) is 15.8 Å². The highest BCUT2D eigenvalue weighted by molar-refractivity contribution is 8.00. The van der Waals surface area contributed by atoms with E-state index in [-0.39, 0.29) is 22.3 Å². The Labute approximate surface area is 261 Å². The van der Waals surface area contributed by atoms with Gasteiger partial charge in [-0.3, -0.25) is 14.5 Å². The predicted molar refractivity (Wildman–Crippen MR) is 165 cm³/mol. The van der Waals surface area contributed by atoms with E-state index in [1.54, 1.807) is 60.7 Å². The van der Waals surface area contributed by atoms with Gasteiger partial charge in [0.1, 0.15) is 30.5 Å². The number of anilines is 1. The third-order valence-electron chi connectivity index (χ3n) is 7.11. The van der Waals surface area contributed by atoms with E-state index in [1.807, 2.05) is 0 Å². The molecule has 0 aliphatic carbocycles. The van der Waals surface area contributed by atoms with Gasteiger partial charge >= 0.3 is 5.91 Å². The zero-order chi connectivity index (χ0) is 30.6. The van der Waals surface area contributed by atoms with Crippen LogP contribution in [0.15, 0.2) is 76.6 Å². The number of nitrogens with zero attached hydrogens (tertiary/aromatic N) is 3. The number of Topliss-reactive ketones (excluding diaryl/α,β-unsaturated/α-hetero) is 1. The quantitative estimate of drug-likeness (QED) is 0.0519.